The van der Waals surface area contributed by atoms with E-state index in [9.17, 15) is 13.2 Å². The number of aryl methyl sites for hydroxylation is 2. The van der Waals surface area contributed by atoms with Crippen molar-refractivity contribution in [1.82, 2.24) is 4.98 Å². The van der Waals surface area contributed by atoms with Crippen molar-refractivity contribution in [2.45, 2.75) is 45.3 Å². The fourth-order valence-corrected chi connectivity index (χ4v) is 3.71. The molecule has 4 rings (SSSR count). The molecule has 3 nitrogen and oxygen atoms in total. The summed E-state index contributed by atoms with van der Waals surface area (Å²) in [5.41, 5.74) is 3.60. The number of alkyl halides is 3. The summed E-state index contributed by atoms with van der Waals surface area (Å²) in [4.78, 5) is 4.33. The lowest BCUT2D eigenvalue weighted by Crippen LogP contribution is -2.06. The fraction of sp³-hybridized carbons (Fsp3) is 0.318. The molecule has 1 aromatic carbocycles. The first-order valence-corrected chi connectivity index (χ1v) is 9.40. The van der Waals surface area contributed by atoms with Crippen LogP contribution in [-0.4, -0.2) is 4.98 Å². The van der Waals surface area contributed by atoms with Crippen LogP contribution in [0.2, 0.25) is 0 Å². The number of aromatic nitrogens is 1. The van der Waals surface area contributed by atoms with Gasteiger partial charge >= 0.3 is 6.18 Å². The van der Waals surface area contributed by atoms with Gasteiger partial charge in [0.25, 0.3) is 0 Å². The molecule has 3 aromatic rings. The molecular formula is C22H21F3N2O. The average Bonchev–Trinajstić information content (AvgIpc) is 3.08. The maximum Gasteiger partial charge on any atom is 0.450 e. The number of rotatable bonds is 4. The highest BCUT2D eigenvalue weighted by Gasteiger charge is 2.41. The van der Waals surface area contributed by atoms with E-state index in [-0.39, 0.29) is 5.56 Å². The van der Waals surface area contributed by atoms with Crippen molar-refractivity contribution in [2.75, 3.05) is 5.32 Å². The number of nitrogens with one attached hydrogen (secondary N) is 1. The summed E-state index contributed by atoms with van der Waals surface area (Å²) in [6, 6.07) is 11.4. The summed E-state index contributed by atoms with van der Waals surface area (Å²) >= 11 is 0. The molecule has 0 fully saturated rings. The molecule has 1 aliphatic carbocycles. The number of pyridine rings is 1. The Morgan fingerprint density at radius 2 is 1.86 bits per heavy atom. The van der Waals surface area contributed by atoms with Gasteiger partial charge in [-0.05, 0) is 49.4 Å². The van der Waals surface area contributed by atoms with E-state index in [2.05, 4.69) is 10.3 Å². The predicted octanol–water partition coefficient (Wildman–Crippen LogP) is 6.16. The van der Waals surface area contributed by atoms with E-state index in [1.54, 1.807) is 12.1 Å². The highest BCUT2D eigenvalue weighted by Crippen LogP contribution is 2.44. The number of nitrogens with zero attached hydrogens (tertiary/aromatic N) is 1. The van der Waals surface area contributed by atoms with Crippen LogP contribution < -0.4 is 5.32 Å². The molecule has 1 aliphatic rings. The lowest BCUT2D eigenvalue weighted by atomic mass is 9.92. The highest BCUT2D eigenvalue weighted by molar-refractivity contribution is 5.71. The number of halogens is 3. The Bertz CT molecular complexity index is 974. The Labute approximate surface area is 161 Å². The first-order chi connectivity index (χ1) is 13.4. The Morgan fingerprint density at radius 3 is 2.57 bits per heavy atom. The maximum atomic E-state index is 13.5. The van der Waals surface area contributed by atoms with Crippen molar-refractivity contribution in [2.24, 2.45) is 0 Å². The van der Waals surface area contributed by atoms with Gasteiger partial charge in [-0.25, -0.2) is 4.98 Å². The number of hydrogen-bond acceptors (Lipinski definition) is 3. The minimum Gasteiger partial charge on any atom is -0.456 e. The van der Waals surface area contributed by atoms with E-state index in [0.717, 1.165) is 18.4 Å². The van der Waals surface area contributed by atoms with Gasteiger partial charge in [0.15, 0.2) is 0 Å². The summed E-state index contributed by atoms with van der Waals surface area (Å²) in [6.45, 7) is 2.64. The van der Waals surface area contributed by atoms with E-state index < -0.39 is 11.9 Å². The summed E-state index contributed by atoms with van der Waals surface area (Å²) in [7, 11) is 0. The minimum absolute atomic E-state index is 0.153. The van der Waals surface area contributed by atoms with Gasteiger partial charge in [0.2, 0.25) is 5.76 Å². The van der Waals surface area contributed by atoms with Crippen LogP contribution >= 0.6 is 0 Å². The van der Waals surface area contributed by atoms with Gasteiger partial charge in [0.1, 0.15) is 11.6 Å². The third kappa shape index (κ3) is 3.63. The molecule has 0 atom stereocenters. The van der Waals surface area contributed by atoms with Crippen LogP contribution in [0.4, 0.5) is 19.0 Å². The van der Waals surface area contributed by atoms with Crippen LogP contribution in [-0.2, 0) is 25.6 Å². The number of fused-ring (bicyclic) bond motifs is 1. The summed E-state index contributed by atoms with van der Waals surface area (Å²) in [6.07, 6.45) is -0.124. The van der Waals surface area contributed by atoms with E-state index in [0.29, 0.717) is 42.1 Å². The second kappa shape index (κ2) is 7.34. The number of furan rings is 1. The molecule has 6 heteroatoms. The van der Waals surface area contributed by atoms with Crippen molar-refractivity contribution in [3.05, 3.63) is 70.8 Å². The summed E-state index contributed by atoms with van der Waals surface area (Å²) in [5, 5.41) is 3.22. The minimum atomic E-state index is -4.52. The standard InChI is InChI=1S/C22H21F3N2O/c1-14-6-2-3-7-15(14)12-26-19-11-10-16(13-27-19)20-17-8-4-5-9-18(17)28-21(20)22(23,24)25/h2-3,6-7,10-11,13H,4-5,8-9,12H2,1H3,(H,26,27). The van der Waals surface area contributed by atoms with Crippen LogP contribution in [0.15, 0.2) is 47.0 Å². The first kappa shape index (κ1) is 18.6. The van der Waals surface area contributed by atoms with Crippen LogP contribution in [0, 0.1) is 6.92 Å². The number of hydrogen-bond donors (Lipinski definition) is 1. The van der Waals surface area contributed by atoms with E-state index in [1.165, 1.54) is 11.8 Å². The molecule has 0 bridgehead atoms. The van der Waals surface area contributed by atoms with Gasteiger partial charge in [-0.1, -0.05) is 24.3 Å². The zero-order valence-corrected chi connectivity index (χ0v) is 15.6. The van der Waals surface area contributed by atoms with E-state index >= 15 is 0 Å². The quantitative estimate of drug-likeness (QED) is 0.584. The Balaban J connectivity index is 1.61. The van der Waals surface area contributed by atoms with Gasteiger partial charge in [0, 0.05) is 35.9 Å². The SMILES string of the molecule is Cc1ccccc1CNc1ccc(-c2c(C(F)(F)F)oc3c2CCCC3)cn1. The Kier molecular flexibility index (Phi) is 4.87. The molecule has 146 valence electrons. The highest BCUT2D eigenvalue weighted by atomic mass is 19.4. The Hall–Kier alpha value is -2.76. The monoisotopic (exact) mass is 386 g/mol. The molecule has 0 saturated carbocycles. The molecule has 0 unspecified atom stereocenters. The number of anilines is 1. The molecule has 2 heterocycles. The first-order valence-electron chi connectivity index (χ1n) is 9.40. The third-order valence-corrected chi connectivity index (χ3v) is 5.20. The average molecular weight is 386 g/mol. The van der Waals surface area contributed by atoms with Gasteiger partial charge in [-0.2, -0.15) is 13.2 Å². The van der Waals surface area contributed by atoms with E-state index in [4.69, 9.17) is 4.42 Å². The lowest BCUT2D eigenvalue weighted by Gasteiger charge is -2.12. The number of benzene rings is 1. The molecule has 0 radical (unpaired) electrons. The molecular weight excluding hydrogens is 365 g/mol. The lowest BCUT2D eigenvalue weighted by molar-refractivity contribution is -0.152. The normalized spacial score (nSPS) is 14.0. The zero-order valence-electron chi connectivity index (χ0n) is 15.6. The molecule has 2 aromatic heterocycles. The van der Waals surface area contributed by atoms with Crippen LogP contribution in [0.3, 0.4) is 0 Å². The van der Waals surface area contributed by atoms with Crippen LogP contribution in [0.25, 0.3) is 11.1 Å². The molecule has 0 aliphatic heterocycles. The van der Waals surface area contributed by atoms with Crippen LogP contribution in [0.5, 0.6) is 0 Å². The van der Waals surface area contributed by atoms with Crippen LogP contribution in [0.1, 0.15) is 41.1 Å². The fourth-order valence-electron chi connectivity index (χ4n) is 3.71. The zero-order chi connectivity index (χ0) is 19.7. The van der Waals surface area contributed by atoms with E-state index in [1.807, 2.05) is 31.2 Å². The predicted molar refractivity (Wildman–Crippen MR) is 102 cm³/mol. The molecule has 0 spiro atoms. The topological polar surface area (TPSA) is 38.1 Å². The van der Waals surface area contributed by atoms with Crippen molar-refractivity contribution in [3.63, 3.8) is 0 Å². The van der Waals surface area contributed by atoms with Crippen molar-refractivity contribution in [3.8, 4) is 11.1 Å². The van der Waals surface area contributed by atoms with Crippen molar-refractivity contribution >= 4 is 5.82 Å². The Morgan fingerprint density at radius 1 is 1.07 bits per heavy atom. The molecule has 0 saturated heterocycles. The van der Waals surface area contributed by atoms with Gasteiger partial charge in [-0.15, -0.1) is 0 Å². The van der Waals surface area contributed by atoms with Gasteiger partial charge < -0.3 is 9.73 Å². The molecule has 0 amide bonds. The van der Waals surface area contributed by atoms with Crippen molar-refractivity contribution < 1.29 is 17.6 Å². The van der Waals surface area contributed by atoms with Gasteiger partial charge in [-0.3, -0.25) is 0 Å². The van der Waals surface area contributed by atoms with Gasteiger partial charge in [0.05, 0.1) is 0 Å². The van der Waals surface area contributed by atoms with Crippen molar-refractivity contribution in [1.29, 1.82) is 0 Å². The molecule has 28 heavy (non-hydrogen) atoms. The third-order valence-electron chi connectivity index (χ3n) is 5.20. The second-order valence-corrected chi connectivity index (χ2v) is 7.12. The second-order valence-electron chi connectivity index (χ2n) is 7.12. The molecule has 1 N–H and O–H groups in total. The smallest absolute Gasteiger partial charge is 0.450 e. The summed E-state index contributed by atoms with van der Waals surface area (Å²) in [5.74, 6) is 0.190. The maximum absolute atomic E-state index is 13.5. The largest absolute Gasteiger partial charge is 0.456 e. The summed E-state index contributed by atoms with van der Waals surface area (Å²) < 4.78 is 45.8.